The largest absolute Gasteiger partial charge is 0.465 e. The van der Waals surface area contributed by atoms with Crippen LogP contribution in [0.1, 0.15) is 29.0 Å². The van der Waals surface area contributed by atoms with Gasteiger partial charge < -0.3 is 4.42 Å². The van der Waals surface area contributed by atoms with Crippen LogP contribution in [-0.2, 0) is 9.59 Å². The highest BCUT2D eigenvalue weighted by atomic mass is 35.5. The number of thiocarbonyl (C=S) groups is 1. The van der Waals surface area contributed by atoms with Gasteiger partial charge in [-0.15, -0.1) is 0 Å². The first-order valence-corrected chi connectivity index (χ1v) is 10.2. The van der Waals surface area contributed by atoms with Crippen molar-refractivity contribution in [2.45, 2.75) is 12.8 Å². The number of rotatable bonds is 6. The number of thioether (sulfide) groups is 1. The molecule has 1 saturated heterocycles. The fourth-order valence-corrected chi connectivity index (χ4v) is 4.00. The van der Waals surface area contributed by atoms with Gasteiger partial charge in [0.05, 0.1) is 21.8 Å². The number of amides is 3. The Morgan fingerprint density at radius 2 is 2.00 bits per heavy atom. The third kappa shape index (κ3) is 5.47. The van der Waals surface area contributed by atoms with Crippen molar-refractivity contribution in [3.63, 3.8) is 0 Å². The molecule has 0 atom stereocenters. The summed E-state index contributed by atoms with van der Waals surface area (Å²) in [5.74, 6) is -0.547. The molecular formula is C19H16ClN3O4S2. The highest BCUT2D eigenvalue weighted by Crippen LogP contribution is 2.32. The minimum atomic E-state index is -0.510. The van der Waals surface area contributed by atoms with Gasteiger partial charge in [0, 0.05) is 19.0 Å². The lowest BCUT2D eigenvalue weighted by Crippen LogP contribution is -2.42. The Morgan fingerprint density at radius 3 is 2.72 bits per heavy atom. The molecule has 10 heteroatoms. The Bertz CT molecular complexity index is 976. The molecule has 0 aliphatic carbocycles. The van der Waals surface area contributed by atoms with Crippen LogP contribution in [0.15, 0.2) is 52.0 Å². The van der Waals surface area contributed by atoms with Crippen LogP contribution in [0.5, 0.6) is 0 Å². The van der Waals surface area contributed by atoms with Gasteiger partial charge in [0.25, 0.3) is 11.8 Å². The molecule has 0 radical (unpaired) electrons. The van der Waals surface area contributed by atoms with E-state index >= 15 is 0 Å². The predicted octanol–water partition coefficient (Wildman–Crippen LogP) is 3.38. The second kappa shape index (κ2) is 9.73. The topological polar surface area (TPSA) is 91.7 Å². The van der Waals surface area contributed by atoms with Gasteiger partial charge in [-0.3, -0.25) is 30.1 Å². The third-order valence-corrected chi connectivity index (χ3v) is 5.62. The molecule has 0 spiro atoms. The fourth-order valence-electron chi connectivity index (χ4n) is 2.49. The Labute approximate surface area is 181 Å². The first-order valence-electron chi connectivity index (χ1n) is 8.58. The Morgan fingerprint density at radius 1 is 1.21 bits per heavy atom. The molecule has 3 rings (SSSR count). The molecule has 150 valence electrons. The maximum atomic E-state index is 12.5. The molecule has 1 aromatic heterocycles. The van der Waals surface area contributed by atoms with E-state index in [1.54, 1.807) is 42.5 Å². The summed E-state index contributed by atoms with van der Waals surface area (Å²) in [7, 11) is 0. The number of furan rings is 1. The predicted molar refractivity (Wildman–Crippen MR) is 115 cm³/mol. The minimum absolute atomic E-state index is 0.108. The van der Waals surface area contributed by atoms with E-state index in [-0.39, 0.29) is 28.8 Å². The van der Waals surface area contributed by atoms with Gasteiger partial charge in [-0.1, -0.05) is 47.7 Å². The lowest BCUT2D eigenvalue weighted by molar-refractivity contribution is -0.124. The van der Waals surface area contributed by atoms with Crippen molar-refractivity contribution in [1.82, 2.24) is 15.8 Å². The van der Waals surface area contributed by atoms with Crippen molar-refractivity contribution >= 4 is 63.7 Å². The normalized spacial score (nSPS) is 15.1. The SMILES string of the molecule is O=C(CCCN1C(=O)/C(=C\c2ccco2)SC1=S)NNC(=O)c1ccccc1Cl. The molecule has 1 aromatic carbocycles. The average molecular weight is 450 g/mol. The number of hydrazine groups is 1. The van der Waals surface area contributed by atoms with Crippen LogP contribution in [-0.4, -0.2) is 33.5 Å². The average Bonchev–Trinajstić information content (AvgIpc) is 3.30. The van der Waals surface area contributed by atoms with Crippen molar-refractivity contribution in [2.75, 3.05) is 6.54 Å². The number of carbonyl (C=O) groups excluding carboxylic acids is 3. The number of hydrogen-bond donors (Lipinski definition) is 2. The molecule has 0 saturated carbocycles. The van der Waals surface area contributed by atoms with Crippen LogP contribution >= 0.6 is 35.6 Å². The lowest BCUT2D eigenvalue weighted by Gasteiger charge is -2.14. The van der Waals surface area contributed by atoms with E-state index in [4.69, 9.17) is 28.2 Å². The number of halogens is 1. The van der Waals surface area contributed by atoms with Crippen molar-refractivity contribution in [2.24, 2.45) is 0 Å². The zero-order valence-electron chi connectivity index (χ0n) is 15.0. The van der Waals surface area contributed by atoms with Crippen molar-refractivity contribution in [3.8, 4) is 0 Å². The maximum absolute atomic E-state index is 12.5. The van der Waals surface area contributed by atoms with Crippen LogP contribution in [0, 0.1) is 0 Å². The number of benzene rings is 1. The standard InChI is InChI=1S/C19H16ClN3O4S2/c20-14-7-2-1-6-13(14)17(25)22-21-16(24)8-3-9-23-18(26)15(29-19(23)28)11-12-5-4-10-27-12/h1-2,4-7,10-11H,3,8-9H2,(H,21,24)(H,22,25)/b15-11+. The van der Waals surface area contributed by atoms with Crippen LogP contribution < -0.4 is 10.9 Å². The quantitative estimate of drug-likeness (QED) is 0.399. The van der Waals surface area contributed by atoms with Crippen LogP contribution in [0.3, 0.4) is 0 Å². The summed E-state index contributed by atoms with van der Waals surface area (Å²) in [5, 5.41) is 0.288. The van der Waals surface area contributed by atoms with Crippen LogP contribution in [0.4, 0.5) is 0 Å². The van der Waals surface area contributed by atoms with E-state index in [2.05, 4.69) is 10.9 Å². The van der Waals surface area contributed by atoms with E-state index < -0.39 is 5.91 Å². The summed E-state index contributed by atoms with van der Waals surface area (Å²) in [6, 6.07) is 9.99. The van der Waals surface area contributed by atoms with Gasteiger partial charge in [0.1, 0.15) is 10.1 Å². The van der Waals surface area contributed by atoms with E-state index in [1.165, 1.54) is 22.9 Å². The maximum Gasteiger partial charge on any atom is 0.271 e. The Hall–Kier alpha value is -2.62. The first-order chi connectivity index (χ1) is 14.0. The van der Waals surface area contributed by atoms with Crippen LogP contribution in [0.2, 0.25) is 5.02 Å². The number of carbonyl (C=O) groups is 3. The molecule has 0 unspecified atom stereocenters. The number of nitrogens with zero attached hydrogens (tertiary/aromatic N) is 1. The summed E-state index contributed by atoms with van der Waals surface area (Å²) in [6.45, 7) is 0.298. The van der Waals surface area contributed by atoms with Gasteiger partial charge in [-0.25, -0.2) is 0 Å². The zero-order chi connectivity index (χ0) is 20.8. The second-order valence-corrected chi connectivity index (χ2v) is 8.02. The van der Waals surface area contributed by atoms with Crippen molar-refractivity contribution in [1.29, 1.82) is 0 Å². The fraction of sp³-hybridized carbons (Fsp3) is 0.158. The molecule has 2 N–H and O–H groups in total. The molecular weight excluding hydrogens is 434 g/mol. The molecule has 1 fully saturated rings. The Kier molecular flexibility index (Phi) is 7.08. The summed E-state index contributed by atoms with van der Waals surface area (Å²) in [4.78, 5) is 38.3. The highest BCUT2D eigenvalue weighted by Gasteiger charge is 2.31. The van der Waals surface area contributed by atoms with Crippen molar-refractivity contribution < 1.29 is 18.8 Å². The van der Waals surface area contributed by atoms with Crippen molar-refractivity contribution in [3.05, 3.63) is 63.9 Å². The molecule has 0 bridgehead atoms. The molecule has 29 heavy (non-hydrogen) atoms. The van der Waals surface area contributed by atoms with Gasteiger partial charge >= 0.3 is 0 Å². The number of nitrogens with one attached hydrogen (secondary N) is 2. The molecule has 3 amide bonds. The molecule has 2 heterocycles. The highest BCUT2D eigenvalue weighted by molar-refractivity contribution is 8.26. The van der Waals surface area contributed by atoms with E-state index in [1.807, 2.05) is 0 Å². The smallest absolute Gasteiger partial charge is 0.271 e. The summed E-state index contributed by atoms with van der Waals surface area (Å²) >= 11 is 12.4. The molecule has 2 aromatic rings. The van der Waals surface area contributed by atoms with Gasteiger partial charge in [-0.05, 0) is 30.7 Å². The molecule has 1 aliphatic heterocycles. The Balaban J connectivity index is 1.44. The van der Waals surface area contributed by atoms with Crippen LogP contribution in [0.25, 0.3) is 6.08 Å². The summed E-state index contributed by atoms with van der Waals surface area (Å²) < 4.78 is 5.64. The second-order valence-electron chi connectivity index (χ2n) is 5.93. The van der Waals surface area contributed by atoms with E-state index in [0.29, 0.717) is 28.0 Å². The van der Waals surface area contributed by atoms with Gasteiger partial charge in [-0.2, -0.15) is 0 Å². The van der Waals surface area contributed by atoms with E-state index in [9.17, 15) is 14.4 Å². The lowest BCUT2D eigenvalue weighted by atomic mass is 10.2. The third-order valence-electron chi connectivity index (χ3n) is 3.91. The first kappa shape index (κ1) is 21.1. The minimum Gasteiger partial charge on any atom is -0.465 e. The summed E-state index contributed by atoms with van der Waals surface area (Å²) in [6.07, 6.45) is 3.65. The summed E-state index contributed by atoms with van der Waals surface area (Å²) in [5.41, 5.74) is 4.91. The molecule has 7 nitrogen and oxygen atoms in total. The number of hydrogen-bond acceptors (Lipinski definition) is 6. The zero-order valence-corrected chi connectivity index (χ0v) is 17.4. The molecule has 1 aliphatic rings. The van der Waals surface area contributed by atoms with Gasteiger partial charge in [0.2, 0.25) is 5.91 Å². The monoisotopic (exact) mass is 449 g/mol. The van der Waals surface area contributed by atoms with E-state index in [0.717, 1.165) is 0 Å². The van der Waals surface area contributed by atoms with Gasteiger partial charge in [0.15, 0.2) is 0 Å².